The number of nitrogens with two attached hydrogens (primary N) is 1. The number of amides is 1. The van der Waals surface area contributed by atoms with Gasteiger partial charge in [-0.25, -0.2) is 4.98 Å². The lowest BCUT2D eigenvalue weighted by Gasteiger charge is -2.23. The highest BCUT2D eigenvalue weighted by Crippen LogP contribution is 2.19. The van der Waals surface area contributed by atoms with Gasteiger partial charge < -0.3 is 15.2 Å². The zero-order chi connectivity index (χ0) is 10.8. The van der Waals surface area contributed by atoms with Gasteiger partial charge in [-0.3, -0.25) is 4.79 Å². The maximum Gasteiger partial charge on any atom is 0.223 e. The first-order valence-electron chi connectivity index (χ1n) is 5.18. The Hall–Kier alpha value is -1.36. The minimum absolute atomic E-state index is 0.188. The van der Waals surface area contributed by atoms with Crippen LogP contribution in [0.2, 0.25) is 0 Å². The number of imidazole rings is 1. The smallest absolute Gasteiger partial charge is 0.223 e. The van der Waals surface area contributed by atoms with Gasteiger partial charge in [-0.05, 0) is 6.42 Å². The van der Waals surface area contributed by atoms with Crippen molar-refractivity contribution < 1.29 is 4.79 Å². The molecule has 1 aliphatic heterocycles. The van der Waals surface area contributed by atoms with Crippen LogP contribution in [-0.4, -0.2) is 32.9 Å². The molecule has 15 heavy (non-hydrogen) atoms. The maximum atomic E-state index is 11.6. The average molecular weight is 208 g/mol. The Morgan fingerprint density at radius 1 is 1.67 bits per heavy atom. The van der Waals surface area contributed by atoms with Crippen molar-refractivity contribution in [3.8, 4) is 0 Å². The summed E-state index contributed by atoms with van der Waals surface area (Å²) in [5.41, 5.74) is 5.63. The molecule has 5 heteroatoms. The zero-order valence-corrected chi connectivity index (χ0v) is 8.89. The molecule has 0 aliphatic carbocycles. The third-order valence-electron chi connectivity index (χ3n) is 2.96. The van der Waals surface area contributed by atoms with E-state index in [0.717, 1.165) is 12.2 Å². The van der Waals surface area contributed by atoms with Crippen LogP contribution < -0.4 is 5.73 Å². The average Bonchev–Trinajstić information content (AvgIpc) is 2.77. The minimum Gasteiger partial charge on any atom is -0.337 e. The topological polar surface area (TPSA) is 64.2 Å². The Morgan fingerprint density at radius 3 is 3.07 bits per heavy atom. The molecule has 82 valence electrons. The summed E-state index contributed by atoms with van der Waals surface area (Å²) in [5.74, 6) is 1.09. The quantitative estimate of drug-likeness (QED) is 0.752. The fraction of sp³-hybridized carbons (Fsp3) is 0.600. The second kappa shape index (κ2) is 4.02. The van der Waals surface area contributed by atoms with Gasteiger partial charge in [-0.2, -0.15) is 0 Å². The highest BCUT2D eigenvalue weighted by atomic mass is 16.2. The fourth-order valence-electron chi connectivity index (χ4n) is 1.96. The van der Waals surface area contributed by atoms with Gasteiger partial charge >= 0.3 is 0 Å². The van der Waals surface area contributed by atoms with E-state index in [1.807, 2.05) is 22.7 Å². The molecule has 2 N–H and O–H groups in total. The van der Waals surface area contributed by atoms with Crippen molar-refractivity contribution in [2.45, 2.75) is 25.4 Å². The second-order valence-electron chi connectivity index (χ2n) is 3.90. The first-order valence-corrected chi connectivity index (χ1v) is 5.18. The van der Waals surface area contributed by atoms with Crippen molar-refractivity contribution >= 4 is 5.91 Å². The van der Waals surface area contributed by atoms with E-state index in [2.05, 4.69) is 4.98 Å². The number of likely N-dealkylation sites (tertiary alicyclic amines) is 1. The number of hydrogen-bond donors (Lipinski definition) is 1. The lowest BCUT2D eigenvalue weighted by atomic mass is 10.2. The normalized spacial score (nSPS) is 21.3. The Balaban J connectivity index is 2.10. The van der Waals surface area contributed by atoms with Crippen LogP contribution in [0.1, 0.15) is 18.7 Å². The number of carbonyl (C=O) groups excluding carboxylic acids is 1. The van der Waals surface area contributed by atoms with Crippen molar-refractivity contribution in [1.29, 1.82) is 0 Å². The third-order valence-corrected chi connectivity index (χ3v) is 2.96. The van der Waals surface area contributed by atoms with Crippen LogP contribution in [0.5, 0.6) is 0 Å². The summed E-state index contributed by atoms with van der Waals surface area (Å²) < 4.78 is 1.93. The monoisotopic (exact) mass is 208 g/mol. The van der Waals surface area contributed by atoms with Gasteiger partial charge in [0.05, 0.1) is 6.54 Å². The van der Waals surface area contributed by atoms with Gasteiger partial charge in [0.15, 0.2) is 0 Å². The molecule has 1 amide bonds. The van der Waals surface area contributed by atoms with Crippen LogP contribution in [0.3, 0.4) is 0 Å². The van der Waals surface area contributed by atoms with E-state index in [-0.39, 0.29) is 11.9 Å². The molecule has 1 aliphatic rings. The Labute approximate surface area is 88.9 Å². The lowest BCUT2D eigenvalue weighted by Crippen LogP contribution is -2.38. The highest BCUT2D eigenvalue weighted by molar-refractivity contribution is 5.78. The highest BCUT2D eigenvalue weighted by Gasteiger charge is 2.30. The number of aryl methyl sites for hydroxylation is 1. The van der Waals surface area contributed by atoms with E-state index in [4.69, 9.17) is 5.73 Å². The molecule has 2 rings (SSSR count). The number of hydrogen-bond acceptors (Lipinski definition) is 3. The van der Waals surface area contributed by atoms with Crippen molar-refractivity contribution in [3.05, 3.63) is 18.2 Å². The molecule has 1 atom stereocenters. The predicted octanol–water partition coefficient (Wildman–Crippen LogP) is -0.130. The molecular weight excluding hydrogens is 192 g/mol. The van der Waals surface area contributed by atoms with Crippen LogP contribution in [0.15, 0.2) is 12.4 Å². The summed E-state index contributed by atoms with van der Waals surface area (Å²) in [4.78, 5) is 17.7. The summed E-state index contributed by atoms with van der Waals surface area (Å²) >= 11 is 0. The molecule has 0 aromatic carbocycles. The Morgan fingerprint density at radius 2 is 2.47 bits per heavy atom. The van der Waals surface area contributed by atoms with Crippen molar-refractivity contribution in [1.82, 2.24) is 14.5 Å². The SMILES string of the molecule is Cn1ccnc1CN1C(=O)CCC1CN. The first kappa shape index (κ1) is 10.2. The van der Waals surface area contributed by atoms with Gasteiger partial charge in [0.1, 0.15) is 5.82 Å². The van der Waals surface area contributed by atoms with Crippen LogP contribution in [0, 0.1) is 0 Å². The standard InChI is InChI=1S/C10H16N4O/c1-13-5-4-12-9(13)7-14-8(6-11)2-3-10(14)15/h4-5,8H,2-3,6-7,11H2,1H3. The molecule has 1 aromatic rings. The largest absolute Gasteiger partial charge is 0.337 e. The summed E-state index contributed by atoms with van der Waals surface area (Å²) in [5, 5.41) is 0. The first-order chi connectivity index (χ1) is 7.22. The van der Waals surface area contributed by atoms with Crippen molar-refractivity contribution in [2.24, 2.45) is 12.8 Å². The van der Waals surface area contributed by atoms with E-state index in [0.29, 0.717) is 19.5 Å². The van der Waals surface area contributed by atoms with Gasteiger partial charge in [-0.1, -0.05) is 0 Å². The molecule has 1 aromatic heterocycles. The van der Waals surface area contributed by atoms with E-state index >= 15 is 0 Å². The molecule has 5 nitrogen and oxygen atoms in total. The number of aromatic nitrogens is 2. The molecule has 1 saturated heterocycles. The molecular formula is C10H16N4O. The molecule has 0 bridgehead atoms. The Kier molecular flexibility index (Phi) is 2.73. The van der Waals surface area contributed by atoms with Gasteiger partial charge in [-0.15, -0.1) is 0 Å². The van der Waals surface area contributed by atoms with E-state index in [1.165, 1.54) is 0 Å². The summed E-state index contributed by atoms with van der Waals surface area (Å²) in [7, 11) is 1.93. The zero-order valence-electron chi connectivity index (χ0n) is 8.89. The van der Waals surface area contributed by atoms with E-state index < -0.39 is 0 Å². The fourth-order valence-corrected chi connectivity index (χ4v) is 1.96. The summed E-state index contributed by atoms with van der Waals surface area (Å²) in [6.07, 6.45) is 5.12. The number of rotatable bonds is 3. The minimum atomic E-state index is 0.188. The summed E-state index contributed by atoms with van der Waals surface area (Å²) in [6.45, 7) is 1.11. The van der Waals surface area contributed by atoms with Crippen LogP contribution >= 0.6 is 0 Å². The van der Waals surface area contributed by atoms with Crippen LogP contribution in [-0.2, 0) is 18.4 Å². The number of nitrogens with zero attached hydrogens (tertiary/aromatic N) is 3. The van der Waals surface area contributed by atoms with Crippen molar-refractivity contribution in [3.63, 3.8) is 0 Å². The third kappa shape index (κ3) is 1.87. The second-order valence-corrected chi connectivity index (χ2v) is 3.90. The molecule has 0 spiro atoms. The van der Waals surface area contributed by atoms with Gasteiger partial charge in [0.2, 0.25) is 5.91 Å². The van der Waals surface area contributed by atoms with E-state index in [9.17, 15) is 4.79 Å². The summed E-state index contributed by atoms with van der Waals surface area (Å²) in [6, 6.07) is 0.189. The molecule has 2 heterocycles. The van der Waals surface area contributed by atoms with Gasteiger partial charge in [0.25, 0.3) is 0 Å². The molecule has 1 unspecified atom stereocenters. The van der Waals surface area contributed by atoms with E-state index in [1.54, 1.807) is 6.20 Å². The van der Waals surface area contributed by atoms with Crippen molar-refractivity contribution in [2.75, 3.05) is 6.54 Å². The molecule has 1 fully saturated rings. The lowest BCUT2D eigenvalue weighted by molar-refractivity contribution is -0.129. The Bertz CT molecular complexity index is 360. The van der Waals surface area contributed by atoms with Gasteiger partial charge in [0, 0.05) is 38.4 Å². The molecule has 0 radical (unpaired) electrons. The van der Waals surface area contributed by atoms with Crippen LogP contribution in [0.25, 0.3) is 0 Å². The predicted molar refractivity (Wildman–Crippen MR) is 55.8 cm³/mol. The maximum absolute atomic E-state index is 11.6. The molecule has 0 saturated carbocycles. The number of carbonyl (C=O) groups is 1. The van der Waals surface area contributed by atoms with Crippen LogP contribution in [0.4, 0.5) is 0 Å².